The molecule has 3 aromatic heterocycles. The van der Waals surface area contributed by atoms with Gasteiger partial charge in [0.05, 0.1) is 11.4 Å². The highest BCUT2D eigenvalue weighted by atomic mass is 32.1. The maximum absolute atomic E-state index is 12.9. The Morgan fingerprint density at radius 2 is 2.00 bits per heavy atom. The summed E-state index contributed by atoms with van der Waals surface area (Å²) in [5.74, 6) is 0.409. The Morgan fingerprint density at radius 1 is 1.21 bits per heavy atom. The molecule has 28 heavy (non-hydrogen) atoms. The van der Waals surface area contributed by atoms with Gasteiger partial charge in [-0.25, -0.2) is 0 Å². The van der Waals surface area contributed by atoms with E-state index in [9.17, 15) is 9.59 Å². The van der Waals surface area contributed by atoms with Crippen molar-refractivity contribution in [3.05, 3.63) is 70.0 Å². The fourth-order valence-electron chi connectivity index (χ4n) is 2.53. The predicted octanol–water partition coefficient (Wildman–Crippen LogP) is 3.36. The van der Waals surface area contributed by atoms with Crippen LogP contribution in [0.15, 0.2) is 52.6 Å². The highest BCUT2D eigenvalue weighted by molar-refractivity contribution is 7.12. The van der Waals surface area contributed by atoms with Crippen LogP contribution < -0.4 is 5.32 Å². The summed E-state index contributed by atoms with van der Waals surface area (Å²) in [5, 5.41) is 8.51. The number of rotatable bonds is 8. The lowest BCUT2D eigenvalue weighted by Gasteiger charge is -2.20. The van der Waals surface area contributed by atoms with Crippen molar-refractivity contribution in [2.75, 3.05) is 6.54 Å². The molecule has 0 aliphatic heterocycles. The van der Waals surface area contributed by atoms with Crippen LogP contribution in [0.1, 0.15) is 45.3 Å². The van der Waals surface area contributed by atoms with Crippen LogP contribution in [0, 0.1) is 5.92 Å². The molecule has 0 aliphatic carbocycles. The minimum absolute atomic E-state index is 0.103. The zero-order chi connectivity index (χ0) is 19.9. The van der Waals surface area contributed by atoms with Gasteiger partial charge in [0.15, 0.2) is 11.5 Å². The van der Waals surface area contributed by atoms with Crippen LogP contribution in [0.5, 0.6) is 0 Å². The van der Waals surface area contributed by atoms with Crippen molar-refractivity contribution in [3.63, 3.8) is 0 Å². The first-order valence-corrected chi connectivity index (χ1v) is 9.86. The Labute approximate surface area is 167 Å². The van der Waals surface area contributed by atoms with Crippen molar-refractivity contribution in [2.45, 2.75) is 26.9 Å². The van der Waals surface area contributed by atoms with Gasteiger partial charge in [0.2, 0.25) is 0 Å². The van der Waals surface area contributed by atoms with Gasteiger partial charge in [-0.1, -0.05) is 25.1 Å². The summed E-state index contributed by atoms with van der Waals surface area (Å²) >= 11 is 1.39. The van der Waals surface area contributed by atoms with Gasteiger partial charge in [-0.05, 0) is 35.1 Å². The van der Waals surface area contributed by atoms with E-state index in [-0.39, 0.29) is 24.1 Å². The molecule has 1 N–H and O–H groups in total. The topological polar surface area (TPSA) is 88.3 Å². The molecule has 8 heteroatoms. The van der Waals surface area contributed by atoms with Crippen molar-refractivity contribution in [2.24, 2.45) is 5.92 Å². The first-order valence-electron chi connectivity index (χ1n) is 8.98. The molecule has 0 fully saturated rings. The number of thiophene rings is 1. The van der Waals surface area contributed by atoms with E-state index in [2.05, 4.69) is 15.5 Å². The zero-order valence-corrected chi connectivity index (χ0v) is 16.6. The third kappa shape index (κ3) is 5.26. The van der Waals surface area contributed by atoms with E-state index in [1.165, 1.54) is 11.3 Å². The minimum atomic E-state index is -0.283. The quantitative estimate of drug-likeness (QED) is 0.629. The van der Waals surface area contributed by atoms with Crippen LogP contribution in [-0.4, -0.2) is 33.4 Å². The summed E-state index contributed by atoms with van der Waals surface area (Å²) in [7, 11) is 0. The Bertz CT molecular complexity index is 907. The molecule has 0 saturated carbocycles. The predicted molar refractivity (Wildman–Crippen MR) is 106 cm³/mol. The Morgan fingerprint density at radius 3 is 2.68 bits per heavy atom. The number of carbonyl (C=O) groups is 2. The molecular formula is C20H22N4O3S. The molecule has 0 aromatic carbocycles. The van der Waals surface area contributed by atoms with E-state index in [1.807, 2.05) is 37.4 Å². The second-order valence-corrected chi connectivity index (χ2v) is 7.72. The number of aromatic nitrogens is 2. The van der Waals surface area contributed by atoms with Crippen LogP contribution in [0.25, 0.3) is 0 Å². The monoisotopic (exact) mass is 398 g/mol. The molecule has 0 saturated heterocycles. The zero-order valence-electron chi connectivity index (χ0n) is 15.8. The maximum atomic E-state index is 12.9. The lowest BCUT2D eigenvalue weighted by atomic mass is 10.2. The molecule has 0 radical (unpaired) electrons. The van der Waals surface area contributed by atoms with E-state index in [1.54, 1.807) is 29.4 Å². The molecule has 146 valence electrons. The number of amides is 2. The minimum Gasteiger partial charge on any atom is -0.359 e. The Balaban J connectivity index is 1.74. The summed E-state index contributed by atoms with van der Waals surface area (Å²) in [6.07, 6.45) is 3.38. The van der Waals surface area contributed by atoms with Crippen molar-refractivity contribution in [1.29, 1.82) is 0 Å². The summed E-state index contributed by atoms with van der Waals surface area (Å²) in [6.45, 7) is 5.20. The lowest BCUT2D eigenvalue weighted by Crippen LogP contribution is -2.29. The summed E-state index contributed by atoms with van der Waals surface area (Å²) in [5.41, 5.74) is 1.16. The van der Waals surface area contributed by atoms with Gasteiger partial charge in [0.1, 0.15) is 0 Å². The molecule has 7 nitrogen and oxygen atoms in total. The smallest absolute Gasteiger partial charge is 0.273 e. The summed E-state index contributed by atoms with van der Waals surface area (Å²) in [6, 6.07) is 8.93. The number of hydrogen-bond acceptors (Lipinski definition) is 6. The lowest BCUT2D eigenvalue weighted by molar-refractivity contribution is 0.0718. The van der Waals surface area contributed by atoms with Gasteiger partial charge in [0, 0.05) is 31.5 Å². The van der Waals surface area contributed by atoms with Gasteiger partial charge in [0.25, 0.3) is 11.8 Å². The van der Waals surface area contributed by atoms with Gasteiger partial charge in [-0.2, -0.15) is 0 Å². The van der Waals surface area contributed by atoms with Crippen molar-refractivity contribution in [1.82, 2.24) is 20.4 Å². The number of pyridine rings is 1. The highest BCUT2D eigenvalue weighted by Gasteiger charge is 2.21. The van der Waals surface area contributed by atoms with E-state index in [4.69, 9.17) is 4.52 Å². The van der Waals surface area contributed by atoms with Gasteiger partial charge in [-0.3, -0.25) is 14.6 Å². The molecule has 3 aromatic rings. The second kappa shape index (κ2) is 9.27. The van der Waals surface area contributed by atoms with Crippen LogP contribution >= 0.6 is 11.3 Å². The van der Waals surface area contributed by atoms with Gasteiger partial charge >= 0.3 is 0 Å². The van der Waals surface area contributed by atoms with Crippen LogP contribution in [-0.2, 0) is 13.1 Å². The van der Waals surface area contributed by atoms with Crippen LogP contribution in [0.2, 0.25) is 0 Å². The normalized spacial score (nSPS) is 10.8. The van der Waals surface area contributed by atoms with Crippen LogP contribution in [0.4, 0.5) is 0 Å². The molecule has 2 amide bonds. The molecule has 0 spiro atoms. The van der Waals surface area contributed by atoms with Crippen LogP contribution in [0.3, 0.4) is 0 Å². The third-order valence-corrected chi connectivity index (χ3v) is 4.81. The molecular weight excluding hydrogens is 376 g/mol. The van der Waals surface area contributed by atoms with Crippen molar-refractivity contribution < 1.29 is 14.1 Å². The number of hydrogen-bond donors (Lipinski definition) is 1. The third-order valence-electron chi connectivity index (χ3n) is 3.95. The van der Waals surface area contributed by atoms with Crippen molar-refractivity contribution in [3.8, 4) is 0 Å². The van der Waals surface area contributed by atoms with Crippen molar-refractivity contribution >= 4 is 23.2 Å². The number of carbonyl (C=O) groups excluding carboxylic acids is 2. The molecule has 0 bridgehead atoms. The summed E-state index contributed by atoms with van der Waals surface area (Å²) in [4.78, 5) is 31.4. The molecule has 0 aliphatic rings. The number of nitrogens with zero attached hydrogens (tertiary/aromatic N) is 3. The first-order chi connectivity index (χ1) is 13.5. The van der Waals surface area contributed by atoms with E-state index >= 15 is 0 Å². The Kier molecular flexibility index (Phi) is 6.54. The SMILES string of the molecule is CC(C)CNC(=O)c1cc(CN(Cc2ccncc2)C(=O)c2cccs2)on1. The molecule has 0 atom stereocenters. The molecule has 0 unspecified atom stereocenters. The number of nitrogens with one attached hydrogen (secondary N) is 1. The molecule has 3 rings (SSSR count). The second-order valence-electron chi connectivity index (χ2n) is 6.78. The van der Waals surface area contributed by atoms with E-state index in [0.29, 0.717) is 29.6 Å². The Hall–Kier alpha value is -3.00. The first kappa shape index (κ1) is 19.8. The highest BCUT2D eigenvalue weighted by Crippen LogP contribution is 2.18. The van der Waals surface area contributed by atoms with E-state index in [0.717, 1.165) is 5.56 Å². The largest absolute Gasteiger partial charge is 0.359 e. The summed E-state index contributed by atoms with van der Waals surface area (Å²) < 4.78 is 5.31. The average molecular weight is 398 g/mol. The fraction of sp³-hybridized carbons (Fsp3) is 0.300. The maximum Gasteiger partial charge on any atom is 0.273 e. The van der Waals surface area contributed by atoms with Gasteiger partial charge in [-0.15, -0.1) is 11.3 Å². The molecule has 3 heterocycles. The van der Waals surface area contributed by atoms with Gasteiger partial charge < -0.3 is 14.7 Å². The average Bonchev–Trinajstić information content (AvgIpc) is 3.38. The fourth-order valence-corrected chi connectivity index (χ4v) is 3.22. The van der Waals surface area contributed by atoms with E-state index < -0.39 is 0 Å². The standard InChI is InChI=1S/C20H22N4O3S/c1-14(2)11-22-19(25)17-10-16(27-23-17)13-24(12-15-5-7-21-8-6-15)20(26)18-4-3-9-28-18/h3-10,14H,11-13H2,1-2H3,(H,22,25).